The van der Waals surface area contributed by atoms with Crippen LogP contribution in [0.1, 0.15) is 31.7 Å². The lowest BCUT2D eigenvalue weighted by atomic mass is 9.97. The monoisotopic (exact) mass is 346 g/mol. The Balaban J connectivity index is 3.83. The van der Waals surface area contributed by atoms with Crippen molar-refractivity contribution in [3.05, 3.63) is 49.6 Å². The summed E-state index contributed by atoms with van der Waals surface area (Å²) in [7, 11) is -4.57. The van der Waals surface area contributed by atoms with E-state index in [-0.39, 0.29) is 11.5 Å². The highest BCUT2D eigenvalue weighted by Gasteiger charge is 2.35. The molecule has 0 aliphatic carbocycles. The third-order valence-electron chi connectivity index (χ3n) is 3.23. The third-order valence-corrected chi connectivity index (χ3v) is 4.68. The summed E-state index contributed by atoms with van der Waals surface area (Å²) in [6.07, 6.45) is 0.893. The van der Waals surface area contributed by atoms with Gasteiger partial charge in [-0.2, -0.15) is 0 Å². The van der Waals surface area contributed by atoms with Gasteiger partial charge in [0, 0.05) is 12.1 Å². The van der Waals surface area contributed by atoms with Gasteiger partial charge in [0.2, 0.25) is 14.7 Å². The first-order valence-corrected chi connectivity index (χ1v) is 7.88. The SMILES string of the molecule is CCC(C)c1cc([N+](=O)[O-])c(S(=O)(=O)C=COO)c([N+](=O)[O-])c1. The fourth-order valence-corrected chi connectivity index (χ4v) is 3.05. The van der Waals surface area contributed by atoms with Crippen LogP contribution < -0.4 is 0 Å². The summed E-state index contributed by atoms with van der Waals surface area (Å²) in [6, 6.07) is 2.00. The highest BCUT2D eigenvalue weighted by atomic mass is 32.2. The van der Waals surface area contributed by atoms with Gasteiger partial charge in [-0.05, 0) is 17.9 Å². The van der Waals surface area contributed by atoms with E-state index in [1.54, 1.807) is 13.8 Å². The van der Waals surface area contributed by atoms with Crippen LogP contribution in [-0.4, -0.2) is 23.5 Å². The fourth-order valence-electron chi connectivity index (χ4n) is 1.87. The van der Waals surface area contributed by atoms with E-state index in [2.05, 4.69) is 4.89 Å². The number of nitro groups is 2. The second-order valence-electron chi connectivity index (χ2n) is 4.63. The zero-order chi connectivity index (χ0) is 17.8. The maximum Gasteiger partial charge on any atom is 0.295 e. The van der Waals surface area contributed by atoms with Crippen LogP contribution >= 0.6 is 0 Å². The predicted molar refractivity (Wildman–Crippen MR) is 78.5 cm³/mol. The maximum absolute atomic E-state index is 12.1. The van der Waals surface area contributed by atoms with Crippen molar-refractivity contribution < 1.29 is 28.4 Å². The fraction of sp³-hybridized carbons (Fsp3) is 0.333. The Kier molecular flexibility index (Phi) is 5.76. The summed E-state index contributed by atoms with van der Waals surface area (Å²) in [5, 5.41) is 30.8. The molecule has 0 aromatic heterocycles. The number of nitro benzene ring substituents is 2. The predicted octanol–water partition coefficient (Wildman–Crippen LogP) is 2.75. The number of sulfone groups is 1. The van der Waals surface area contributed by atoms with Crippen LogP contribution in [0.4, 0.5) is 11.4 Å². The summed E-state index contributed by atoms with van der Waals surface area (Å²) in [6.45, 7) is 3.49. The first-order valence-electron chi connectivity index (χ1n) is 6.34. The van der Waals surface area contributed by atoms with Gasteiger partial charge >= 0.3 is 0 Å². The molecule has 10 nitrogen and oxygen atoms in total. The maximum atomic E-state index is 12.1. The molecule has 126 valence electrons. The summed E-state index contributed by atoms with van der Waals surface area (Å²) < 4.78 is 24.2. The normalized spacial score (nSPS) is 13.0. The average molecular weight is 346 g/mol. The molecule has 0 spiro atoms. The van der Waals surface area contributed by atoms with Crippen LogP contribution in [0.25, 0.3) is 0 Å². The van der Waals surface area contributed by atoms with Crippen LogP contribution in [0.5, 0.6) is 0 Å². The van der Waals surface area contributed by atoms with Gasteiger partial charge in [0.15, 0.2) is 0 Å². The summed E-state index contributed by atoms with van der Waals surface area (Å²) in [4.78, 5) is 22.8. The lowest BCUT2D eigenvalue weighted by Gasteiger charge is -2.11. The Hall–Kier alpha value is -2.53. The Labute approximate surface area is 131 Å². The molecule has 0 saturated carbocycles. The van der Waals surface area contributed by atoms with Gasteiger partial charge in [0.1, 0.15) is 6.26 Å². The van der Waals surface area contributed by atoms with Crippen LogP contribution in [0.3, 0.4) is 0 Å². The number of nitrogens with zero attached hydrogens (tertiary/aromatic N) is 2. The van der Waals surface area contributed by atoms with Gasteiger partial charge in [-0.25, -0.2) is 13.7 Å². The Bertz CT molecular complexity index is 721. The number of hydrogen-bond acceptors (Lipinski definition) is 8. The van der Waals surface area contributed by atoms with Crippen molar-refractivity contribution in [3.8, 4) is 0 Å². The van der Waals surface area contributed by atoms with E-state index in [9.17, 15) is 28.6 Å². The van der Waals surface area contributed by atoms with Crippen molar-refractivity contribution >= 4 is 21.2 Å². The summed E-state index contributed by atoms with van der Waals surface area (Å²) in [5.41, 5.74) is -1.53. The van der Waals surface area contributed by atoms with E-state index in [4.69, 9.17) is 5.26 Å². The van der Waals surface area contributed by atoms with Crippen LogP contribution in [-0.2, 0) is 14.7 Å². The molecule has 1 atom stereocenters. The number of rotatable bonds is 7. The van der Waals surface area contributed by atoms with Crippen molar-refractivity contribution in [2.75, 3.05) is 0 Å². The highest BCUT2D eigenvalue weighted by molar-refractivity contribution is 7.94. The zero-order valence-electron chi connectivity index (χ0n) is 12.2. The molecule has 1 N–H and O–H groups in total. The van der Waals surface area contributed by atoms with Crippen molar-refractivity contribution in [1.82, 2.24) is 0 Å². The highest BCUT2D eigenvalue weighted by Crippen LogP contribution is 2.38. The van der Waals surface area contributed by atoms with Crippen molar-refractivity contribution in [3.63, 3.8) is 0 Å². The molecular formula is C12H14N2O8S. The molecule has 23 heavy (non-hydrogen) atoms. The van der Waals surface area contributed by atoms with Crippen LogP contribution in [0.15, 0.2) is 28.7 Å². The van der Waals surface area contributed by atoms with Crippen molar-refractivity contribution in [2.45, 2.75) is 31.1 Å². The molecule has 0 heterocycles. The molecule has 0 radical (unpaired) electrons. The minimum Gasteiger partial charge on any atom is -0.347 e. The first kappa shape index (κ1) is 18.5. The summed E-state index contributed by atoms with van der Waals surface area (Å²) >= 11 is 0. The van der Waals surface area contributed by atoms with Gasteiger partial charge < -0.3 is 4.89 Å². The first-order chi connectivity index (χ1) is 10.7. The topological polar surface area (TPSA) is 150 Å². The number of hydrogen-bond donors (Lipinski definition) is 1. The van der Waals surface area contributed by atoms with E-state index >= 15 is 0 Å². The zero-order valence-corrected chi connectivity index (χ0v) is 13.0. The van der Waals surface area contributed by atoms with E-state index in [0.717, 1.165) is 12.1 Å². The van der Waals surface area contributed by atoms with Crippen LogP contribution in [0.2, 0.25) is 0 Å². The smallest absolute Gasteiger partial charge is 0.295 e. The lowest BCUT2D eigenvalue weighted by molar-refractivity contribution is -0.399. The van der Waals surface area contributed by atoms with Crippen molar-refractivity contribution in [2.24, 2.45) is 0 Å². The molecule has 0 fully saturated rings. The second-order valence-corrected chi connectivity index (χ2v) is 6.40. The van der Waals surface area contributed by atoms with Gasteiger partial charge in [-0.1, -0.05) is 13.8 Å². The van der Waals surface area contributed by atoms with Gasteiger partial charge in [-0.15, -0.1) is 0 Å². The van der Waals surface area contributed by atoms with Gasteiger partial charge in [0.05, 0.1) is 15.3 Å². The Morgan fingerprint density at radius 2 is 1.74 bits per heavy atom. The molecule has 0 bridgehead atoms. The van der Waals surface area contributed by atoms with E-state index in [1.807, 2.05) is 0 Å². The average Bonchev–Trinajstić information content (AvgIpc) is 2.50. The van der Waals surface area contributed by atoms with Crippen LogP contribution in [0, 0.1) is 20.2 Å². The van der Waals surface area contributed by atoms with E-state index in [1.165, 1.54) is 0 Å². The summed E-state index contributed by atoms with van der Waals surface area (Å²) in [5.74, 6) is -0.236. The molecule has 1 unspecified atom stereocenters. The minimum absolute atomic E-state index is 0.236. The Morgan fingerprint density at radius 3 is 2.09 bits per heavy atom. The molecular weight excluding hydrogens is 332 g/mol. The molecule has 11 heteroatoms. The molecule has 0 aliphatic rings. The van der Waals surface area contributed by atoms with E-state index in [0.29, 0.717) is 18.1 Å². The van der Waals surface area contributed by atoms with Gasteiger partial charge in [-0.3, -0.25) is 20.2 Å². The molecule has 0 saturated heterocycles. The second kappa shape index (κ2) is 7.15. The molecule has 0 aliphatic heterocycles. The molecule has 1 rings (SSSR count). The number of benzene rings is 1. The lowest BCUT2D eigenvalue weighted by Crippen LogP contribution is -2.08. The quantitative estimate of drug-likeness (QED) is 0.342. The molecule has 1 aromatic carbocycles. The molecule has 0 amide bonds. The van der Waals surface area contributed by atoms with E-state index < -0.39 is 36.0 Å². The standard InChI is InChI=1S/C12H14N2O8S/c1-3-8(2)9-6-10(13(15)16)12(11(7-9)14(17)18)23(20,21)5-4-22-19/h4-8,19H,3H2,1-2H3. The Morgan fingerprint density at radius 1 is 1.26 bits per heavy atom. The minimum atomic E-state index is -4.57. The van der Waals surface area contributed by atoms with Crippen molar-refractivity contribution in [1.29, 1.82) is 0 Å². The molecule has 1 aromatic rings. The largest absolute Gasteiger partial charge is 0.347 e. The third kappa shape index (κ3) is 4.02. The van der Waals surface area contributed by atoms with Gasteiger partial charge in [0.25, 0.3) is 11.4 Å².